The van der Waals surface area contributed by atoms with Crippen LogP contribution in [0.25, 0.3) is 0 Å². The summed E-state index contributed by atoms with van der Waals surface area (Å²) in [5.74, 6) is -0.416. The fraction of sp³-hybridized carbons (Fsp3) is 0.136. The number of aryl methyl sites for hydroxylation is 1. The van der Waals surface area contributed by atoms with Crippen molar-refractivity contribution < 1.29 is 18.1 Å². The molecule has 0 aliphatic heterocycles. The summed E-state index contributed by atoms with van der Waals surface area (Å²) in [6.07, 6.45) is 0. The van der Waals surface area contributed by atoms with Gasteiger partial charge in [0.1, 0.15) is 0 Å². The van der Waals surface area contributed by atoms with Gasteiger partial charge in [-0.15, -0.1) is 0 Å². The van der Waals surface area contributed by atoms with E-state index in [1.54, 1.807) is 55.5 Å². The van der Waals surface area contributed by atoms with Gasteiger partial charge in [-0.2, -0.15) is 4.31 Å². The predicted molar refractivity (Wildman–Crippen MR) is 117 cm³/mol. The minimum atomic E-state index is -3.62. The van der Waals surface area contributed by atoms with Crippen LogP contribution in [0.15, 0.2) is 77.7 Å². The number of hydrogen-bond acceptors (Lipinski definition) is 5. The second-order valence-electron chi connectivity index (χ2n) is 6.98. The van der Waals surface area contributed by atoms with Crippen molar-refractivity contribution in [3.63, 3.8) is 0 Å². The zero-order chi connectivity index (χ0) is 22.6. The Labute approximate surface area is 180 Å². The van der Waals surface area contributed by atoms with Crippen LogP contribution in [0.3, 0.4) is 0 Å². The van der Waals surface area contributed by atoms with Crippen molar-refractivity contribution in [1.29, 1.82) is 0 Å². The first kappa shape index (κ1) is 22.1. The van der Waals surface area contributed by atoms with Gasteiger partial charge in [0.05, 0.1) is 15.5 Å². The largest absolute Gasteiger partial charge is 0.321 e. The van der Waals surface area contributed by atoms with Gasteiger partial charge in [-0.1, -0.05) is 36.4 Å². The van der Waals surface area contributed by atoms with Crippen LogP contribution in [-0.4, -0.2) is 30.6 Å². The highest BCUT2D eigenvalue weighted by atomic mass is 32.2. The van der Waals surface area contributed by atoms with Gasteiger partial charge >= 0.3 is 0 Å². The summed E-state index contributed by atoms with van der Waals surface area (Å²) in [5.41, 5.74) is 2.01. The van der Waals surface area contributed by atoms with E-state index in [4.69, 9.17) is 0 Å². The molecule has 3 aromatic rings. The molecule has 0 fully saturated rings. The minimum Gasteiger partial charge on any atom is -0.321 e. The van der Waals surface area contributed by atoms with Gasteiger partial charge in [0.25, 0.3) is 11.6 Å². The molecule has 3 aromatic carbocycles. The van der Waals surface area contributed by atoms with Crippen molar-refractivity contribution in [2.24, 2.45) is 0 Å². The van der Waals surface area contributed by atoms with Gasteiger partial charge in [-0.25, -0.2) is 8.42 Å². The molecule has 0 heterocycles. The number of nitrogens with zero attached hydrogens (tertiary/aromatic N) is 2. The molecule has 31 heavy (non-hydrogen) atoms. The third-order valence-corrected chi connectivity index (χ3v) is 6.57. The normalized spacial score (nSPS) is 11.3. The maximum atomic E-state index is 12.6. The number of rotatable bonds is 7. The fourth-order valence-corrected chi connectivity index (χ4v) is 4.11. The Kier molecular flexibility index (Phi) is 6.47. The van der Waals surface area contributed by atoms with Gasteiger partial charge < -0.3 is 5.32 Å². The van der Waals surface area contributed by atoms with Crippen LogP contribution >= 0.6 is 0 Å². The Morgan fingerprint density at radius 1 is 1.03 bits per heavy atom. The lowest BCUT2D eigenvalue weighted by Crippen LogP contribution is -2.26. The number of carbonyl (C=O) groups excluding carboxylic acids is 1. The Morgan fingerprint density at radius 3 is 2.29 bits per heavy atom. The standard InChI is InChI=1S/C22H21N3O5S/c1-16-8-13-19(25(27)28)14-21(16)23-22(26)18-11-9-17(10-12-18)15-24(2)31(29,30)20-6-4-3-5-7-20/h3-14H,15H2,1-2H3,(H,23,26). The monoisotopic (exact) mass is 439 g/mol. The summed E-state index contributed by atoms with van der Waals surface area (Å²) in [6, 6.07) is 18.9. The first-order valence-corrected chi connectivity index (χ1v) is 10.8. The third-order valence-electron chi connectivity index (χ3n) is 4.75. The second-order valence-corrected chi connectivity index (χ2v) is 9.03. The molecule has 3 rings (SSSR count). The van der Waals surface area contributed by atoms with Gasteiger partial charge in [-0.05, 0) is 42.3 Å². The van der Waals surface area contributed by atoms with E-state index in [0.29, 0.717) is 22.4 Å². The molecule has 0 aromatic heterocycles. The molecular formula is C22H21N3O5S. The fourth-order valence-electron chi connectivity index (χ4n) is 2.93. The predicted octanol–water partition coefficient (Wildman–Crippen LogP) is 3.98. The maximum absolute atomic E-state index is 12.6. The number of hydrogen-bond donors (Lipinski definition) is 1. The highest BCUT2D eigenvalue weighted by Crippen LogP contribution is 2.23. The first-order valence-electron chi connectivity index (χ1n) is 9.35. The highest BCUT2D eigenvalue weighted by Gasteiger charge is 2.20. The molecule has 8 nitrogen and oxygen atoms in total. The number of nitro benzene ring substituents is 1. The average Bonchev–Trinajstić information content (AvgIpc) is 2.76. The van der Waals surface area contributed by atoms with Crippen molar-refractivity contribution in [2.45, 2.75) is 18.4 Å². The quantitative estimate of drug-likeness (QED) is 0.442. The van der Waals surface area contributed by atoms with E-state index < -0.39 is 20.9 Å². The number of nitrogens with one attached hydrogen (secondary N) is 1. The smallest absolute Gasteiger partial charge is 0.271 e. The van der Waals surface area contributed by atoms with E-state index >= 15 is 0 Å². The molecule has 1 amide bonds. The molecule has 0 radical (unpaired) electrons. The first-order chi connectivity index (χ1) is 14.7. The zero-order valence-electron chi connectivity index (χ0n) is 17.0. The van der Waals surface area contributed by atoms with E-state index in [0.717, 1.165) is 0 Å². The lowest BCUT2D eigenvalue weighted by atomic mass is 10.1. The Morgan fingerprint density at radius 2 is 1.68 bits per heavy atom. The van der Waals surface area contributed by atoms with Crippen LogP contribution in [0.4, 0.5) is 11.4 Å². The summed E-state index contributed by atoms with van der Waals surface area (Å²) in [5, 5.41) is 13.6. The average molecular weight is 439 g/mol. The molecule has 160 valence electrons. The molecule has 0 aliphatic carbocycles. The van der Waals surface area contributed by atoms with Crippen molar-refractivity contribution in [1.82, 2.24) is 4.31 Å². The molecule has 9 heteroatoms. The zero-order valence-corrected chi connectivity index (χ0v) is 17.8. The summed E-state index contributed by atoms with van der Waals surface area (Å²) >= 11 is 0. The molecule has 0 saturated heterocycles. The number of benzene rings is 3. The topological polar surface area (TPSA) is 110 Å². The van der Waals surface area contributed by atoms with E-state index in [1.807, 2.05) is 0 Å². The highest BCUT2D eigenvalue weighted by molar-refractivity contribution is 7.89. The van der Waals surface area contributed by atoms with Crippen molar-refractivity contribution in [3.8, 4) is 0 Å². The van der Waals surface area contributed by atoms with E-state index in [-0.39, 0.29) is 17.1 Å². The third kappa shape index (κ3) is 5.14. The Bertz CT molecular complexity index is 1210. The number of sulfonamides is 1. The van der Waals surface area contributed by atoms with Crippen LogP contribution in [0.5, 0.6) is 0 Å². The molecule has 0 atom stereocenters. The minimum absolute atomic E-state index is 0.112. The molecule has 0 bridgehead atoms. The van der Waals surface area contributed by atoms with Crippen LogP contribution < -0.4 is 5.32 Å². The van der Waals surface area contributed by atoms with Crippen molar-refractivity contribution in [2.75, 3.05) is 12.4 Å². The Balaban J connectivity index is 1.71. The number of nitro groups is 1. The molecule has 1 N–H and O–H groups in total. The van der Waals surface area contributed by atoms with E-state index in [1.165, 1.54) is 35.6 Å². The van der Waals surface area contributed by atoms with Crippen LogP contribution in [0.2, 0.25) is 0 Å². The molecule has 0 aliphatic rings. The summed E-state index contributed by atoms with van der Waals surface area (Å²) in [4.78, 5) is 23.2. The molecular weight excluding hydrogens is 418 g/mol. The molecule has 0 unspecified atom stereocenters. The summed E-state index contributed by atoms with van der Waals surface area (Å²) < 4.78 is 26.5. The van der Waals surface area contributed by atoms with Gasteiger partial charge in [0.2, 0.25) is 10.0 Å². The number of anilines is 1. The van der Waals surface area contributed by atoms with Crippen LogP contribution in [0.1, 0.15) is 21.5 Å². The van der Waals surface area contributed by atoms with Gasteiger partial charge in [-0.3, -0.25) is 14.9 Å². The summed E-state index contributed by atoms with van der Waals surface area (Å²) in [7, 11) is -2.13. The van der Waals surface area contributed by atoms with E-state index in [9.17, 15) is 23.3 Å². The number of carbonyl (C=O) groups is 1. The van der Waals surface area contributed by atoms with Crippen LogP contribution in [-0.2, 0) is 16.6 Å². The molecule has 0 saturated carbocycles. The maximum Gasteiger partial charge on any atom is 0.271 e. The lowest BCUT2D eigenvalue weighted by Gasteiger charge is -2.17. The molecule has 0 spiro atoms. The summed E-state index contributed by atoms with van der Waals surface area (Å²) in [6.45, 7) is 1.88. The SMILES string of the molecule is Cc1ccc([N+](=O)[O-])cc1NC(=O)c1ccc(CN(C)S(=O)(=O)c2ccccc2)cc1. The number of non-ortho nitro benzene ring substituents is 1. The van der Waals surface area contributed by atoms with Crippen molar-refractivity contribution >= 4 is 27.3 Å². The van der Waals surface area contributed by atoms with E-state index in [2.05, 4.69) is 5.32 Å². The van der Waals surface area contributed by atoms with Gasteiger partial charge in [0.15, 0.2) is 0 Å². The Hall–Kier alpha value is -3.56. The van der Waals surface area contributed by atoms with Crippen LogP contribution in [0, 0.1) is 17.0 Å². The van der Waals surface area contributed by atoms with Crippen molar-refractivity contribution in [3.05, 3.63) is 99.6 Å². The number of amides is 1. The van der Waals surface area contributed by atoms with Gasteiger partial charge in [0, 0.05) is 31.3 Å². The second kappa shape index (κ2) is 9.07. The lowest BCUT2D eigenvalue weighted by molar-refractivity contribution is -0.384.